The molecule has 0 fully saturated rings. The maximum Gasteiger partial charge on any atom is 0.251 e. The molecule has 2 aromatic carbocycles. The first-order valence-corrected chi connectivity index (χ1v) is 8.41. The van der Waals surface area contributed by atoms with Gasteiger partial charge in [0, 0.05) is 51.0 Å². The number of carbonyl (C=O) groups is 2. The van der Waals surface area contributed by atoms with Gasteiger partial charge in [0.25, 0.3) is 5.91 Å². The Kier molecular flexibility index (Phi) is 4.74. The average Bonchev–Trinajstić information content (AvgIpc) is 3.03. The number of anilines is 2. The summed E-state index contributed by atoms with van der Waals surface area (Å²) in [5.41, 5.74) is 4.90. The van der Waals surface area contributed by atoms with Crippen molar-refractivity contribution in [1.82, 2.24) is 5.32 Å². The number of benzene rings is 2. The van der Waals surface area contributed by atoms with E-state index in [0.717, 1.165) is 35.5 Å². The molecule has 0 bridgehead atoms. The molecule has 2 amide bonds. The second kappa shape index (κ2) is 6.97. The SMILES string of the molecule is CC(=O)N1CCc2cc(CNC(=O)c3ccc(N(C)C)cc3)ccc21. The number of fused-ring (bicyclic) bond motifs is 1. The highest BCUT2D eigenvalue weighted by atomic mass is 16.2. The molecule has 0 atom stereocenters. The van der Waals surface area contributed by atoms with Crippen LogP contribution >= 0.6 is 0 Å². The molecular weight excluding hydrogens is 314 g/mol. The number of amides is 2. The maximum absolute atomic E-state index is 12.3. The van der Waals surface area contributed by atoms with Gasteiger partial charge in [0.2, 0.25) is 5.91 Å². The third-order valence-corrected chi connectivity index (χ3v) is 4.52. The van der Waals surface area contributed by atoms with Crippen LogP contribution in [0.4, 0.5) is 11.4 Å². The lowest BCUT2D eigenvalue weighted by atomic mass is 10.1. The van der Waals surface area contributed by atoms with Crippen molar-refractivity contribution in [2.45, 2.75) is 19.9 Å². The van der Waals surface area contributed by atoms with Crippen LogP contribution in [-0.4, -0.2) is 32.5 Å². The number of hydrogen-bond donors (Lipinski definition) is 1. The van der Waals surface area contributed by atoms with E-state index in [9.17, 15) is 9.59 Å². The Morgan fingerprint density at radius 3 is 2.48 bits per heavy atom. The molecule has 2 aromatic rings. The van der Waals surface area contributed by atoms with Gasteiger partial charge in [0.15, 0.2) is 0 Å². The van der Waals surface area contributed by atoms with E-state index in [1.165, 1.54) is 0 Å². The van der Waals surface area contributed by atoms with E-state index in [1.807, 2.05) is 55.4 Å². The van der Waals surface area contributed by atoms with Crippen molar-refractivity contribution in [2.75, 3.05) is 30.4 Å². The third kappa shape index (κ3) is 3.65. The predicted octanol–water partition coefficient (Wildman–Crippen LogP) is 2.59. The summed E-state index contributed by atoms with van der Waals surface area (Å²) in [7, 11) is 3.94. The fourth-order valence-electron chi connectivity index (χ4n) is 3.09. The minimum Gasteiger partial charge on any atom is -0.378 e. The minimum absolute atomic E-state index is 0.0703. The second-order valence-electron chi connectivity index (χ2n) is 6.51. The monoisotopic (exact) mass is 337 g/mol. The summed E-state index contributed by atoms with van der Waals surface area (Å²) < 4.78 is 0. The van der Waals surface area contributed by atoms with Gasteiger partial charge in [0.1, 0.15) is 0 Å². The lowest BCUT2D eigenvalue weighted by Crippen LogP contribution is -2.25. The zero-order chi connectivity index (χ0) is 18.0. The van der Waals surface area contributed by atoms with Gasteiger partial charge in [-0.2, -0.15) is 0 Å². The number of hydrogen-bond acceptors (Lipinski definition) is 3. The molecule has 1 N–H and O–H groups in total. The molecule has 1 aliphatic heterocycles. The molecule has 0 unspecified atom stereocenters. The third-order valence-electron chi connectivity index (χ3n) is 4.52. The fraction of sp³-hybridized carbons (Fsp3) is 0.300. The van der Waals surface area contributed by atoms with Gasteiger partial charge in [-0.15, -0.1) is 0 Å². The van der Waals surface area contributed by atoms with E-state index in [0.29, 0.717) is 12.1 Å². The van der Waals surface area contributed by atoms with Gasteiger partial charge >= 0.3 is 0 Å². The Labute approximate surface area is 148 Å². The van der Waals surface area contributed by atoms with E-state index in [1.54, 1.807) is 11.8 Å². The summed E-state index contributed by atoms with van der Waals surface area (Å²) in [4.78, 5) is 27.7. The quantitative estimate of drug-likeness (QED) is 0.933. The zero-order valence-corrected chi connectivity index (χ0v) is 14.9. The highest BCUT2D eigenvalue weighted by molar-refractivity contribution is 5.95. The normalized spacial score (nSPS) is 12.7. The minimum atomic E-state index is -0.0869. The van der Waals surface area contributed by atoms with Gasteiger partial charge < -0.3 is 15.1 Å². The van der Waals surface area contributed by atoms with Gasteiger partial charge in [-0.1, -0.05) is 12.1 Å². The highest BCUT2D eigenvalue weighted by Gasteiger charge is 2.22. The summed E-state index contributed by atoms with van der Waals surface area (Å²) in [5.74, 6) is -0.0165. The molecule has 0 aliphatic carbocycles. The molecule has 0 aromatic heterocycles. The van der Waals surface area contributed by atoms with E-state index >= 15 is 0 Å². The van der Waals surface area contributed by atoms with Crippen LogP contribution in [0.2, 0.25) is 0 Å². The van der Waals surface area contributed by atoms with Crippen LogP contribution in [0.1, 0.15) is 28.4 Å². The molecule has 0 spiro atoms. The van der Waals surface area contributed by atoms with E-state index < -0.39 is 0 Å². The summed E-state index contributed by atoms with van der Waals surface area (Å²) in [6, 6.07) is 13.5. The van der Waals surface area contributed by atoms with Crippen LogP contribution in [0.5, 0.6) is 0 Å². The van der Waals surface area contributed by atoms with Crippen molar-refractivity contribution in [3.05, 3.63) is 59.2 Å². The van der Waals surface area contributed by atoms with E-state index in [-0.39, 0.29) is 11.8 Å². The van der Waals surface area contributed by atoms with Crippen molar-refractivity contribution in [3.8, 4) is 0 Å². The summed E-state index contributed by atoms with van der Waals surface area (Å²) in [6.07, 6.45) is 0.864. The zero-order valence-electron chi connectivity index (χ0n) is 14.9. The Balaban J connectivity index is 1.64. The first-order valence-electron chi connectivity index (χ1n) is 8.41. The Morgan fingerprint density at radius 1 is 1.12 bits per heavy atom. The second-order valence-corrected chi connectivity index (χ2v) is 6.51. The van der Waals surface area contributed by atoms with Crippen LogP contribution in [-0.2, 0) is 17.8 Å². The van der Waals surface area contributed by atoms with E-state index in [4.69, 9.17) is 0 Å². The summed E-state index contributed by atoms with van der Waals surface area (Å²) in [5, 5.41) is 2.96. The Hall–Kier alpha value is -2.82. The van der Waals surface area contributed by atoms with Gasteiger partial charge in [-0.25, -0.2) is 0 Å². The maximum atomic E-state index is 12.3. The molecular formula is C20H23N3O2. The summed E-state index contributed by atoms with van der Waals surface area (Å²) in [6.45, 7) is 2.80. The largest absolute Gasteiger partial charge is 0.378 e. The van der Waals surface area contributed by atoms with Gasteiger partial charge in [-0.05, 0) is 47.9 Å². The standard InChI is InChI=1S/C20H23N3O2/c1-14(24)23-11-10-17-12-15(4-9-19(17)23)13-21-20(25)16-5-7-18(8-6-16)22(2)3/h4-9,12H,10-11,13H2,1-3H3,(H,21,25). The number of nitrogens with zero attached hydrogens (tertiary/aromatic N) is 2. The smallest absolute Gasteiger partial charge is 0.251 e. The first-order chi connectivity index (χ1) is 12.0. The van der Waals surface area contributed by atoms with Crippen LogP contribution in [0.3, 0.4) is 0 Å². The molecule has 0 saturated heterocycles. The van der Waals surface area contributed by atoms with Crippen LogP contribution in [0, 0.1) is 0 Å². The molecule has 5 nitrogen and oxygen atoms in total. The van der Waals surface area contributed by atoms with Crippen LogP contribution in [0.15, 0.2) is 42.5 Å². The molecule has 1 heterocycles. The molecule has 5 heteroatoms. The van der Waals surface area contributed by atoms with Crippen molar-refractivity contribution in [2.24, 2.45) is 0 Å². The van der Waals surface area contributed by atoms with Crippen molar-refractivity contribution < 1.29 is 9.59 Å². The number of carbonyl (C=O) groups excluding carboxylic acids is 2. The van der Waals surface area contributed by atoms with Gasteiger partial charge in [-0.3, -0.25) is 9.59 Å². The molecule has 1 aliphatic rings. The van der Waals surface area contributed by atoms with Crippen molar-refractivity contribution in [3.63, 3.8) is 0 Å². The van der Waals surface area contributed by atoms with Crippen LogP contribution < -0.4 is 15.1 Å². The lowest BCUT2D eigenvalue weighted by Gasteiger charge is -2.15. The fourth-order valence-corrected chi connectivity index (χ4v) is 3.09. The molecule has 0 saturated carbocycles. The van der Waals surface area contributed by atoms with E-state index in [2.05, 4.69) is 11.4 Å². The van der Waals surface area contributed by atoms with Gasteiger partial charge in [0.05, 0.1) is 0 Å². The number of rotatable bonds is 4. The summed E-state index contributed by atoms with van der Waals surface area (Å²) >= 11 is 0. The first kappa shape index (κ1) is 17.0. The molecule has 3 rings (SSSR count). The topological polar surface area (TPSA) is 52.7 Å². The predicted molar refractivity (Wildman–Crippen MR) is 100 cm³/mol. The van der Waals surface area contributed by atoms with Crippen molar-refractivity contribution >= 4 is 23.2 Å². The Morgan fingerprint density at radius 2 is 1.84 bits per heavy atom. The number of nitrogens with one attached hydrogen (secondary N) is 1. The van der Waals surface area contributed by atoms with Crippen LogP contribution in [0.25, 0.3) is 0 Å². The molecule has 25 heavy (non-hydrogen) atoms. The van der Waals surface area contributed by atoms with Crippen molar-refractivity contribution in [1.29, 1.82) is 0 Å². The molecule has 0 radical (unpaired) electrons. The highest BCUT2D eigenvalue weighted by Crippen LogP contribution is 2.28. The Bertz CT molecular complexity index is 797. The lowest BCUT2D eigenvalue weighted by molar-refractivity contribution is -0.116. The average molecular weight is 337 g/mol. The molecule has 130 valence electrons.